The maximum Gasteiger partial charge on any atom is 0.303 e. The second kappa shape index (κ2) is 19.2. The fraction of sp³-hybridized carbons (Fsp3) is 0.804. The van der Waals surface area contributed by atoms with Crippen molar-refractivity contribution < 1.29 is 9.90 Å². The van der Waals surface area contributed by atoms with Crippen molar-refractivity contribution in [1.82, 2.24) is 0 Å². The molecule has 0 aromatic carbocycles. The zero-order valence-electron chi connectivity index (χ0n) is 32.4. The molecule has 2 nitrogen and oxygen atoms in total. The van der Waals surface area contributed by atoms with Gasteiger partial charge in [-0.15, -0.1) is 0 Å². The Kier molecular flexibility index (Phi) is 15.6. The van der Waals surface area contributed by atoms with E-state index in [9.17, 15) is 4.79 Å². The van der Waals surface area contributed by atoms with Crippen LogP contribution in [0.25, 0.3) is 0 Å². The second-order valence-corrected chi connectivity index (χ2v) is 18.0. The third-order valence-electron chi connectivity index (χ3n) is 14.5. The summed E-state index contributed by atoms with van der Waals surface area (Å²) in [5, 5.41) is 8.69. The van der Waals surface area contributed by atoms with Crippen molar-refractivity contribution in [2.45, 2.75) is 176 Å². The Balaban J connectivity index is 1.12. The number of carboxylic acids is 1. The number of hydrogen-bond donors (Lipinski definition) is 1. The van der Waals surface area contributed by atoms with Gasteiger partial charge in [0.1, 0.15) is 0 Å². The highest BCUT2D eigenvalue weighted by Gasteiger charge is 2.58. The van der Waals surface area contributed by atoms with Crippen LogP contribution in [0.4, 0.5) is 0 Å². The summed E-state index contributed by atoms with van der Waals surface area (Å²) in [6.07, 6.45) is 43.8. The molecule has 0 radical (unpaired) electrons. The van der Waals surface area contributed by atoms with Gasteiger partial charge in [0.15, 0.2) is 0 Å². The van der Waals surface area contributed by atoms with Gasteiger partial charge >= 0.3 is 5.97 Å². The SMILES string of the molecule is CC(C)[C@@H](C)C=C[C@@H](C)[C@H]1CCC2C3=CCC4C[C@@H](CCCCCC=CCC=CCCCCCCCC(=O)O)CC[C@]4(C)C3CC[C@@]21C. The van der Waals surface area contributed by atoms with E-state index < -0.39 is 5.97 Å². The van der Waals surface area contributed by atoms with Crippen LogP contribution in [-0.2, 0) is 4.79 Å². The molecule has 1 N–H and O–H groups in total. The van der Waals surface area contributed by atoms with Crippen LogP contribution >= 0.6 is 0 Å². The minimum absolute atomic E-state index is 0.323. The van der Waals surface area contributed by atoms with Crippen LogP contribution in [0.15, 0.2) is 48.1 Å². The van der Waals surface area contributed by atoms with Crippen LogP contribution in [0.2, 0.25) is 0 Å². The Morgan fingerprint density at radius 2 is 1.44 bits per heavy atom. The summed E-state index contributed by atoms with van der Waals surface area (Å²) < 4.78 is 0. The topological polar surface area (TPSA) is 37.3 Å². The minimum atomic E-state index is -0.664. The van der Waals surface area contributed by atoms with Crippen molar-refractivity contribution in [1.29, 1.82) is 0 Å². The smallest absolute Gasteiger partial charge is 0.303 e. The van der Waals surface area contributed by atoms with E-state index >= 15 is 0 Å². The molecule has 0 aromatic rings. The van der Waals surface area contributed by atoms with Crippen LogP contribution in [-0.4, -0.2) is 11.1 Å². The summed E-state index contributed by atoms with van der Waals surface area (Å²) in [6, 6.07) is 0. The van der Waals surface area contributed by atoms with E-state index in [-0.39, 0.29) is 0 Å². The second-order valence-electron chi connectivity index (χ2n) is 18.0. The van der Waals surface area contributed by atoms with Gasteiger partial charge in [0.05, 0.1) is 0 Å². The van der Waals surface area contributed by atoms with Gasteiger partial charge in [0, 0.05) is 6.42 Å². The average Bonchev–Trinajstić information content (AvgIpc) is 3.42. The van der Waals surface area contributed by atoms with Gasteiger partial charge < -0.3 is 5.11 Å². The summed E-state index contributed by atoms with van der Waals surface area (Å²) in [5.74, 6) is 5.90. The number of fused-ring (bicyclic) bond motifs is 5. The predicted octanol–water partition coefficient (Wildman–Crippen LogP) is 13.9. The Morgan fingerprint density at radius 3 is 2.15 bits per heavy atom. The lowest BCUT2D eigenvalue weighted by Crippen LogP contribution is -2.49. The van der Waals surface area contributed by atoms with E-state index in [2.05, 4.69) is 84.1 Å². The maximum atomic E-state index is 10.5. The van der Waals surface area contributed by atoms with Crippen molar-refractivity contribution in [3.63, 3.8) is 0 Å². The first-order valence-corrected chi connectivity index (χ1v) is 21.0. The molecule has 48 heavy (non-hydrogen) atoms. The maximum absolute atomic E-state index is 10.5. The Morgan fingerprint density at radius 1 is 0.792 bits per heavy atom. The molecular formula is C46H76O2. The van der Waals surface area contributed by atoms with E-state index in [0.717, 1.165) is 67.6 Å². The molecule has 9 atom stereocenters. The Hall–Kier alpha value is -1.57. The van der Waals surface area contributed by atoms with Gasteiger partial charge in [-0.1, -0.05) is 128 Å². The summed E-state index contributed by atoms with van der Waals surface area (Å²) in [5.41, 5.74) is 2.99. The molecule has 0 aromatic heterocycles. The van der Waals surface area contributed by atoms with Crippen LogP contribution < -0.4 is 0 Å². The van der Waals surface area contributed by atoms with E-state index in [1.54, 1.807) is 0 Å². The molecule has 4 aliphatic rings. The standard InChI is InChI=1S/C46H76O2/c1-35(2)36(3)24-25-37(4)41-28-29-42-40-27-26-39-34-38(30-32-45(39,5)43(40)31-33-46(41,42)6)22-20-18-16-14-12-10-8-7-9-11-13-15-17-19-21-23-44(47)48/h7,9-10,12,24-25,27,35-39,41-43H,8,11,13-23,26,28-34H2,1-6H3,(H,47,48)/t36-,37+,38-,39?,41+,42?,43?,45-,46+/m0/s1. The highest BCUT2D eigenvalue weighted by Crippen LogP contribution is 2.67. The summed E-state index contributed by atoms with van der Waals surface area (Å²) in [7, 11) is 0. The molecule has 4 aliphatic carbocycles. The highest BCUT2D eigenvalue weighted by molar-refractivity contribution is 5.66. The summed E-state index contributed by atoms with van der Waals surface area (Å²) >= 11 is 0. The van der Waals surface area contributed by atoms with Gasteiger partial charge in [-0.3, -0.25) is 4.79 Å². The van der Waals surface area contributed by atoms with Crippen molar-refractivity contribution in [2.24, 2.45) is 58.2 Å². The van der Waals surface area contributed by atoms with Gasteiger partial charge in [0.25, 0.3) is 0 Å². The first kappa shape index (κ1) is 39.2. The molecule has 4 rings (SSSR count). The molecule has 0 bridgehead atoms. The van der Waals surface area contributed by atoms with Crippen LogP contribution in [0, 0.1) is 58.2 Å². The lowest BCUT2D eigenvalue weighted by molar-refractivity contribution is -0.137. The predicted molar refractivity (Wildman–Crippen MR) is 207 cm³/mol. The quantitative estimate of drug-likeness (QED) is 0.104. The van der Waals surface area contributed by atoms with E-state index in [1.165, 1.54) is 96.3 Å². The summed E-state index contributed by atoms with van der Waals surface area (Å²) in [4.78, 5) is 10.5. The number of carbonyl (C=O) groups is 1. The zero-order chi connectivity index (χ0) is 34.6. The van der Waals surface area contributed by atoms with Crippen LogP contribution in [0.3, 0.4) is 0 Å². The van der Waals surface area contributed by atoms with Gasteiger partial charge in [-0.05, 0) is 148 Å². The first-order valence-electron chi connectivity index (χ1n) is 21.0. The van der Waals surface area contributed by atoms with E-state index in [1.807, 2.05) is 5.57 Å². The molecule has 0 spiro atoms. The number of allylic oxidation sites excluding steroid dienone is 8. The lowest BCUT2D eigenvalue weighted by atomic mass is 9.47. The normalized spacial score (nSPS) is 33.2. The first-order chi connectivity index (χ1) is 23.1. The van der Waals surface area contributed by atoms with E-state index in [4.69, 9.17) is 5.11 Å². The average molecular weight is 661 g/mol. The van der Waals surface area contributed by atoms with Crippen LogP contribution in [0.5, 0.6) is 0 Å². The number of hydrogen-bond acceptors (Lipinski definition) is 1. The fourth-order valence-electron chi connectivity index (χ4n) is 10.9. The highest BCUT2D eigenvalue weighted by atomic mass is 16.4. The molecule has 0 amide bonds. The van der Waals surface area contributed by atoms with Gasteiger partial charge in [-0.25, -0.2) is 0 Å². The number of carboxylic acid groups (broad SMARTS) is 1. The molecule has 0 saturated heterocycles. The fourth-order valence-corrected chi connectivity index (χ4v) is 10.9. The van der Waals surface area contributed by atoms with E-state index in [0.29, 0.717) is 29.1 Å². The molecule has 0 heterocycles. The molecule has 0 aliphatic heterocycles. The molecule has 2 heteroatoms. The van der Waals surface area contributed by atoms with Crippen LogP contribution in [0.1, 0.15) is 176 Å². The zero-order valence-corrected chi connectivity index (χ0v) is 32.4. The molecule has 3 saturated carbocycles. The third-order valence-corrected chi connectivity index (χ3v) is 14.5. The summed E-state index contributed by atoms with van der Waals surface area (Å²) in [6.45, 7) is 15.1. The van der Waals surface area contributed by atoms with Gasteiger partial charge in [0.2, 0.25) is 0 Å². The largest absolute Gasteiger partial charge is 0.481 e. The molecular weight excluding hydrogens is 585 g/mol. The number of unbranched alkanes of at least 4 members (excludes halogenated alkanes) is 8. The Bertz CT molecular complexity index is 1090. The molecule has 3 fully saturated rings. The Labute approximate surface area is 297 Å². The monoisotopic (exact) mass is 661 g/mol. The molecule has 3 unspecified atom stereocenters. The van der Waals surface area contributed by atoms with Crippen molar-refractivity contribution >= 4 is 5.97 Å². The molecule has 272 valence electrons. The van der Waals surface area contributed by atoms with Crippen molar-refractivity contribution in [2.75, 3.05) is 0 Å². The van der Waals surface area contributed by atoms with Crippen molar-refractivity contribution in [3.05, 3.63) is 48.1 Å². The number of rotatable bonds is 20. The van der Waals surface area contributed by atoms with Gasteiger partial charge in [-0.2, -0.15) is 0 Å². The minimum Gasteiger partial charge on any atom is -0.481 e. The third kappa shape index (κ3) is 10.5. The number of aliphatic carboxylic acids is 1. The lowest BCUT2D eigenvalue weighted by Gasteiger charge is -2.58. The van der Waals surface area contributed by atoms with Crippen molar-refractivity contribution in [3.8, 4) is 0 Å².